The number of carbonyl (C=O) groups excluding carboxylic acids is 1. The first-order valence-corrected chi connectivity index (χ1v) is 6.70. The molecule has 0 fully saturated rings. The minimum Gasteiger partial charge on any atom is -0.480 e. The van der Waals surface area contributed by atoms with E-state index in [1.165, 1.54) is 0 Å². The molecule has 0 bridgehead atoms. The van der Waals surface area contributed by atoms with Crippen molar-refractivity contribution in [2.45, 2.75) is 13.0 Å². The zero-order valence-corrected chi connectivity index (χ0v) is 12.1. The van der Waals surface area contributed by atoms with Crippen molar-refractivity contribution < 1.29 is 9.53 Å². The molecule has 1 N–H and O–H groups in total. The Morgan fingerprint density at radius 2 is 1.90 bits per heavy atom. The zero-order valence-electron chi connectivity index (χ0n) is 11.3. The van der Waals surface area contributed by atoms with Crippen LogP contribution in [0, 0.1) is 11.3 Å². The molecule has 0 radical (unpaired) electrons. The molecule has 5 heteroatoms. The first-order valence-electron chi connectivity index (χ1n) is 6.32. The van der Waals surface area contributed by atoms with E-state index in [4.69, 9.17) is 21.6 Å². The van der Waals surface area contributed by atoms with Crippen molar-refractivity contribution in [3.8, 4) is 11.8 Å². The molecule has 2 aromatic rings. The Kier molecular flexibility index (Phi) is 4.81. The van der Waals surface area contributed by atoms with Gasteiger partial charge in [0, 0.05) is 10.7 Å². The van der Waals surface area contributed by atoms with Crippen LogP contribution in [0.3, 0.4) is 0 Å². The molecule has 0 aliphatic heterocycles. The van der Waals surface area contributed by atoms with Crippen molar-refractivity contribution in [2.75, 3.05) is 5.32 Å². The van der Waals surface area contributed by atoms with E-state index in [-0.39, 0.29) is 5.91 Å². The molecule has 1 atom stereocenters. The number of benzene rings is 2. The Hall–Kier alpha value is -2.51. The van der Waals surface area contributed by atoms with Gasteiger partial charge in [-0.05, 0) is 43.3 Å². The molecule has 0 aliphatic carbocycles. The van der Waals surface area contributed by atoms with E-state index in [1.54, 1.807) is 55.5 Å². The van der Waals surface area contributed by atoms with E-state index in [1.807, 2.05) is 6.07 Å². The summed E-state index contributed by atoms with van der Waals surface area (Å²) < 4.78 is 5.53. The summed E-state index contributed by atoms with van der Waals surface area (Å²) in [5.74, 6) is 0.0869. The highest BCUT2D eigenvalue weighted by Crippen LogP contribution is 2.19. The van der Waals surface area contributed by atoms with Gasteiger partial charge in [0.2, 0.25) is 0 Å². The Labute approximate surface area is 127 Å². The molecule has 1 amide bonds. The van der Waals surface area contributed by atoms with E-state index < -0.39 is 6.10 Å². The minimum atomic E-state index is -0.727. The number of hydrogen-bond acceptors (Lipinski definition) is 3. The van der Waals surface area contributed by atoms with Gasteiger partial charge in [-0.3, -0.25) is 4.79 Å². The van der Waals surface area contributed by atoms with Gasteiger partial charge in [0.15, 0.2) is 6.10 Å². The molecule has 21 heavy (non-hydrogen) atoms. The van der Waals surface area contributed by atoms with Crippen molar-refractivity contribution >= 4 is 23.2 Å². The monoisotopic (exact) mass is 300 g/mol. The smallest absolute Gasteiger partial charge is 0.265 e. The van der Waals surface area contributed by atoms with Crippen LogP contribution in [0.25, 0.3) is 0 Å². The van der Waals surface area contributed by atoms with Crippen molar-refractivity contribution in [1.82, 2.24) is 0 Å². The minimum absolute atomic E-state index is 0.301. The Morgan fingerprint density at radius 1 is 1.24 bits per heavy atom. The van der Waals surface area contributed by atoms with E-state index in [9.17, 15) is 4.79 Å². The fourth-order valence-electron chi connectivity index (χ4n) is 1.68. The third kappa shape index (κ3) is 3.98. The first kappa shape index (κ1) is 14.9. The molecule has 0 saturated heterocycles. The fourth-order valence-corrected chi connectivity index (χ4v) is 1.81. The summed E-state index contributed by atoms with van der Waals surface area (Å²) in [5, 5.41) is 12.3. The highest BCUT2D eigenvalue weighted by atomic mass is 35.5. The number of hydrogen-bond donors (Lipinski definition) is 1. The zero-order chi connectivity index (χ0) is 15.2. The third-order valence-electron chi connectivity index (χ3n) is 2.79. The summed E-state index contributed by atoms with van der Waals surface area (Å²) in [4.78, 5) is 12.0. The van der Waals surface area contributed by atoms with Gasteiger partial charge in [-0.1, -0.05) is 23.7 Å². The summed E-state index contributed by atoms with van der Waals surface area (Å²) in [6, 6.07) is 15.6. The number of amides is 1. The molecule has 2 aromatic carbocycles. The summed E-state index contributed by atoms with van der Waals surface area (Å²) in [7, 11) is 0. The Morgan fingerprint density at radius 3 is 2.57 bits per heavy atom. The molecule has 1 unspecified atom stereocenters. The lowest BCUT2D eigenvalue weighted by Gasteiger charge is -2.15. The number of para-hydroxylation sites is 1. The molecular weight excluding hydrogens is 288 g/mol. The van der Waals surface area contributed by atoms with Gasteiger partial charge in [0.05, 0.1) is 5.56 Å². The Bertz CT molecular complexity index is 677. The van der Waals surface area contributed by atoms with Gasteiger partial charge < -0.3 is 10.1 Å². The van der Waals surface area contributed by atoms with Crippen molar-refractivity contribution in [2.24, 2.45) is 0 Å². The molecule has 106 valence electrons. The van der Waals surface area contributed by atoms with Gasteiger partial charge in [-0.25, -0.2) is 0 Å². The molecule has 0 saturated carbocycles. The number of ether oxygens (including phenoxy) is 1. The maximum absolute atomic E-state index is 12.0. The summed E-state index contributed by atoms with van der Waals surface area (Å²) in [5.41, 5.74) is 1.03. The lowest BCUT2D eigenvalue weighted by molar-refractivity contribution is -0.122. The molecule has 0 aliphatic rings. The van der Waals surface area contributed by atoms with Crippen LogP contribution in [-0.4, -0.2) is 12.0 Å². The molecule has 0 spiro atoms. The lowest BCUT2D eigenvalue weighted by atomic mass is 10.2. The molecule has 0 aromatic heterocycles. The maximum atomic E-state index is 12.0. The number of halogens is 1. The molecule has 4 nitrogen and oxygen atoms in total. The van der Waals surface area contributed by atoms with Crippen LogP contribution in [0.5, 0.6) is 5.75 Å². The molecule has 0 heterocycles. The standard InChI is InChI=1S/C16H13ClN2O2/c1-11(21-15-5-3-2-4-12(15)10-18)16(20)19-14-8-6-13(17)7-9-14/h2-9,11H,1H3,(H,19,20). The van der Waals surface area contributed by atoms with E-state index in [0.29, 0.717) is 22.0 Å². The van der Waals surface area contributed by atoms with Crippen LogP contribution in [0.4, 0.5) is 5.69 Å². The summed E-state index contributed by atoms with van der Waals surface area (Å²) >= 11 is 5.78. The number of nitriles is 1. The van der Waals surface area contributed by atoms with Gasteiger partial charge in [0.25, 0.3) is 5.91 Å². The summed E-state index contributed by atoms with van der Waals surface area (Å²) in [6.45, 7) is 1.62. The van der Waals surface area contributed by atoms with Crippen LogP contribution in [-0.2, 0) is 4.79 Å². The number of nitrogens with zero attached hydrogens (tertiary/aromatic N) is 1. The van der Waals surface area contributed by atoms with Crippen LogP contribution in [0.2, 0.25) is 5.02 Å². The topological polar surface area (TPSA) is 62.1 Å². The van der Waals surface area contributed by atoms with Gasteiger partial charge >= 0.3 is 0 Å². The number of carbonyl (C=O) groups is 1. The molecule has 2 rings (SSSR count). The second-order valence-electron chi connectivity index (χ2n) is 4.36. The third-order valence-corrected chi connectivity index (χ3v) is 3.04. The normalized spacial score (nSPS) is 11.3. The van der Waals surface area contributed by atoms with Crippen LogP contribution >= 0.6 is 11.6 Å². The average Bonchev–Trinajstić information content (AvgIpc) is 2.50. The summed E-state index contributed by atoms with van der Waals surface area (Å²) in [6.07, 6.45) is -0.727. The van der Waals surface area contributed by atoms with Gasteiger partial charge in [-0.15, -0.1) is 0 Å². The number of nitrogens with one attached hydrogen (secondary N) is 1. The van der Waals surface area contributed by atoms with Gasteiger partial charge in [0.1, 0.15) is 11.8 Å². The Balaban J connectivity index is 2.03. The van der Waals surface area contributed by atoms with Crippen LogP contribution in [0.1, 0.15) is 12.5 Å². The van der Waals surface area contributed by atoms with E-state index >= 15 is 0 Å². The maximum Gasteiger partial charge on any atom is 0.265 e. The first-order chi connectivity index (χ1) is 10.1. The lowest BCUT2D eigenvalue weighted by Crippen LogP contribution is -2.30. The van der Waals surface area contributed by atoms with Crippen molar-refractivity contribution in [3.63, 3.8) is 0 Å². The number of anilines is 1. The van der Waals surface area contributed by atoms with E-state index in [2.05, 4.69) is 5.32 Å². The fraction of sp³-hybridized carbons (Fsp3) is 0.125. The number of rotatable bonds is 4. The van der Waals surface area contributed by atoms with Crippen LogP contribution in [0.15, 0.2) is 48.5 Å². The van der Waals surface area contributed by atoms with E-state index in [0.717, 1.165) is 0 Å². The van der Waals surface area contributed by atoms with Crippen molar-refractivity contribution in [3.05, 3.63) is 59.1 Å². The van der Waals surface area contributed by atoms with Crippen LogP contribution < -0.4 is 10.1 Å². The quantitative estimate of drug-likeness (QED) is 0.938. The SMILES string of the molecule is CC(Oc1ccccc1C#N)C(=O)Nc1ccc(Cl)cc1. The largest absolute Gasteiger partial charge is 0.480 e. The highest BCUT2D eigenvalue weighted by Gasteiger charge is 2.16. The highest BCUT2D eigenvalue weighted by molar-refractivity contribution is 6.30. The molecular formula is C16H13ClN2O2. The average molecular weight is 301 g/mol. The second kappa shape index (κ2) is 6.78. The van der Waals surface area contributed by atoms with Gasteiger partial charge in [-0.2, -0.15) is 5.26 Å². The second-order valence-corrected chi connectivity index (χ2v) is 4.80. The van der Waals surface area contributed by atoms with Crippen molar-refractivity contribution in [1.29, 1.82) is 5.26 Å². The predicted molar refractivity (Wildman–Crippen MR) is 81.3 cm³/mol. The predicted octanol–water partition coefficient (Wildman–Crippen LogP) is 3.62.